The Hall–Kier alpha value is -1.55. The summed E-state index contributed by atoms with van der Waals surface area (Å²) in [5, 5.41) is 37.3. The van der Waals surface area contributed by atoms with Gasteiger partial charge in [-0.3, -0.25) is 0 Å². The molecule has 0 aliphatic rings. The Balaban J connectivity index is 2.59. The Bertz CT molecular complexity index is 368. The van der Waals surface area contributed by atoms with Crippen LogP contribution in [-0.4, -0.2) is 55.2 Å². The summed E-state index contributed by atoms with van der Waals surface area (Å²) < 4.78 is 6.14. The van der Waals surface area contributed by atoms with Crippen LogP contribution in [0.5, 0.6) is 0 Å². The van der Waals surface area contributed by atoms with Crippen LogP contribution >= 0.6 is 0 Å². The lowest BCUT2D eigenvalue weighted by atomic mass is 10.2. The van der Waals surface area contributed by atoms with Gasteiger partial charge < -0.3 is 30.2 Å². The Morgan fingerprint density at radius 2 is 2.24 bits per heavy atom. The summed E-state index contributed by atoms with van der Waals surface area (Å²) in [5.41, 5.74) is 0. The minimum Gasteiger partial charge on any atom is -0.394 e. The summed E-state index contributed by atoms with van der Waals surface area (Å²) in [4.78, 5) is 13.3. The molecule has 0 aliphatic heterocycles. The van der Waals surface area contributed by atoms with Crippen LogP contribution in [0.1, 0.15) is 0 Å². The number of rotatable bonds is 7. The second kappa shape index (κ2) is 6.25. The average molecular weight is 247 g/mol. The third-order valence-corrected chi connectivity index (χ3v) is 2.08. The SMILES string of the molecule is O=[N+]([O-])c1nccn1COC(CO)[C@H](O)CO. The van der Waals surface area contributed by atoms with E-state index >= 15 is 0 Å². The predicted molar refractivity (Wildman–Crippen MR) is 53.9 cm³/mol. The third-order valence-electron chi connectivity index (χ3n) is 2.08. The van der Waals surface area contributed by atoms with Crippen molar-refractivity contribution in [3.05, 3.63) is 22.5 Å². The van der Waals surface area contributed by atoms with Crippen LogP contribution in [-0.2, 0) is 11.5 Å². The second-order valence-electron chi connectivity index (χ2n) is 3.22. The zero-order valence-electron chi connectivity index (χ0n) is 8.84. The molecule has 0 aliphatic carbocycles. The first-order chi connectivity index (χ1) is 8.10. The first-order valence-corrected chi connectivity index (χ1v) is 4.77. The van der Waals surface area contributed by atoms with Gasteiger partial charge in [-0.2, -0.15) is 0 Å². The molecule has 0 amide bonds. The fourth-order valence-corrected chi connectivity index (χ4v) is 1.15. The second-order valence-corrected chi connectivity index (χ2v) is 3.22. The summed E-state index contributed by atoms with van der Waals surface area (Å²) in [7, 11) is 0. The Kier molecular flexibility index (Phi) is 4.97. The van der Waals surface area contributed by atoms with Crippen LogP contribution in [0.2, 0.25) is 0 Å². The molecule has 9 heteroatoms. The van der Waals surface area contributed by atoms with Crippen LogP contribution < -0.4 is 0 Å². The van der Waals surface area contributed by atoms with Crippen molar-refractivity contribution in [3.8, 4) is 0 Å². The van der Waals surface area contributed by atoms with Gasteiger partial charge in [0.25, 0.3) is 0 Å². The van der Waals surface area contributed by atoms with Crippen LogP contribution in [0.15, 0.2) is 12.4 Å². The molecule has 1 unspecified atom stereocenters. The Morgan fingerprint density at radius 1 is 1.53 bits per heavy atom. The standard InChI is InChI=1S/C8H13N3O6/c12-3-6(14)7(4-13)17-5-10-2-1-9-8(10)11(15)16/h1-2,6-7,12-14H,3-5H2/t6-,7?/m1/s1. The van der Waals surface area contributed by atoms with Crippen molar-refractivity contribution in [1.82, 2.24) is 9.55 Å². The number of imidazole rings is 1. The molecule has 0 aromatic carbocycles. The first-order valence-electron chi connectivity index (χ1n) is 4.77. The van der Waals surface area contributed by atoms with E-state index in [4.69, 9.17) is 14.9 Å². The predicted octanol–water partition coefficient (Wildman–Crippen LogP) is -1.52. The largest absolute Gasteiger partial charge is 0.436 e. The summed E-state index contributed by atoms with van der Waals surface area (Å²) in [5.74, 6) is -0.403. The number of nitrogens with zero attached hydrogens (tertiary/aromatic N) is 3. The van der Waals surface area contributed by atoms with E-state index in [1.165, 1.54) is 12.4 Å². The first kappa shape index (κ1) is 13.5. The number of aromatic nitrogens is 2. The van der Waals surface area contributed by atoms with Crippen LogP contribution in [0, 0.1) is 10.1 Å². The maximum atomic E-state index is 10.5. The molecule has 1 aromatic heterocycles. The molecule has 0 bridgehead atoms. The van der Waals surface area contributed by atoms with E-state index in [9.17, 15) is 15.2 Å². The van der Waals surface area contributed by atoms with Crippen LogP contribution in [0.4, 0.5) is 5.95 Å². The van der Waals surface area contributed by atoms with E-state index in [0.29, 0.717) is 0 Å². The van der Waals surface area contributed by atoms with Gasteiger partial charge in [-0.15, -0.1) is 0 Å². The van der Waals surface area contributed by atoms with Gasteiger partial charge in [-0.25, -0.2) is 4.57 Å². The van der Waals surface area contributed by atoms with Gasteiger partial charge in [0.2, 0.25) is 0 Å². The summed E-state index contributed by atoms with van der Waals surface area (Å²) in [6, 6.07) is 0. The summed E-state index contributed by atoms with van der Waals surface area (Å²) >= 11 is 0. The van der Waals surface area contributed by atoms with Crippen molar-refractivity contribution in [1.29, 1.82) is 0 Å². The number of nitro groups is 1. The van der Waals surface area contributed by atoms with E-state index in [1.807, 2.05) is 0 Å². The smallest absolute Gasteiger partial charge is 0.394 e. The molecule has 2 atom stereocenters. The molecule has 17 heavy (non-hydrogen) atoms. The van der Waals surface area contributed by atoms with Gasteiger partial charge in [-0.05, 0) is 4.92 Å². The molecule has 1 heterocycles. The Labute approximate surface area is 96.0 Å². The molecule has 0 saturated heterocycles. The fraction of sp³-hybridized carbons (Fsp3) is 0.625. The third kappa shape index (κ3) is 3.46. The van der Waals surface area contributed by atoms with Gasteiger partial charge in [0.1, 0.15) is 24.6 Å². The van der Waals surface area contributed by atoms with Crippen molar-refractivity contribution < 1.29 is 25.0 Å². The molecule has 0 fully saturated rings. The van der Waals surface area contributed by atoms with Crippen molar-refractivity contribution in [2.45, 2.75) is 18.9 Å². The molecule has 1 aromatic rings. The normalized spacial score (nSPS) is 14.5. The fourth-order valence-electron chi connectivity index (χ4n) is 1.15. The van der Waals surface area contributed by atoms with Crippen molar-refractivity contribution >= 4 is 5.95 Å². The molecule has 0 radical (unpaired) electrons. The van der Waals surface area contributed by atoms with Crippen LogP contribution in [0.25, 0.3) is 0 Å². The van der Waals surface area contributed by atoms with Crippen molar-refractivity contribution in [3.63, 3.8) is 0 Å². The lowest BCUT2D eigenvalue weighted by Crippen LogP contribution is -2.35. The average Bonchev–Trinajstić information content (AvgIpc) is 2.77. The number of ether oxygens (including phenoxy) is 1. The minimum atomic E-state index is -1.25. The van der Waals surface area contributed by atoms with Gasteiger partial charge in [0, 0.05) is 0 Å². The van der Waals surface area contributed by atoms with Gasteiger partial charge in [0.05, 0.1) is 13.2 Å². The maximum absolute atomic E-state index is 10.5. The van der Waals surface area contributed by atoms with Crippen molar-refractivity contribution in [2.24, 2.45) is 0 Å². The molecule has 0 saturated carbocycles. The zero-order valence-corrected chi connectivity index (χ0v) is 8.84. The lowest BCUT2D eigenvalue weighted by Gasteiger charge is -2.18. The number of aliphatic hydroxyl groups is 3. The Morgan fingerprint density at radius 3 is 2.76 bits per heavy atom. The monoisotopic (exact) mass is 247 g/mol. The summed E-state index contributed by atoms with van der Waals surface area (Å²) in [6.45, 7) is -1.33. The molecular weight excluding hydrogens is 234 g/mol. The lowest BCUT2D eigenvalue weighted by molar-refractivity contribution is -0.397. The van der Waals surface area contributed by atoms with Crippen molar-refractivity contribution in [2.75, 3.05) is 13.2 Å². The van der Waals surface area contributed by atoms with E-state index in [1.54, 1.807) is 0 Å². The van der Waals surface area contributed by atoms with Crippen LogP contribution in [0.3, 0.4) is 0 Å². The highest BCUT2D eigenvalue weighted by atomic mass is 16.6. The minimum absolute atomic E-state index is 0.251. The number of hydrogen-bond donors (Lipinski definition) is 3. The highest BCUT2D eigenvalue weighted by molar-refractivity contribution is 5.05. The van der Waals surface area contributed by atoms with Gasteiger partial charge >= 0.3 is 5.95 Å². The highest BCUT2D eigenvalue weighted by Crippen LogP contribution is 2.09. The zero-order chi connectivity index (χ0) is 12.8. The maximum Gasteiger partial charge on any atom is 0.436 e. The number of aliphatic hydroxyl groups excluding tert-OH is 3. The van der Waals surface area contributed by atoms with Gasteiger partial charge in [0.15, 0.2) is 6.73 Å². The highest BCUT2D eigenvalue weighted by Gasteiger charge is 2.21. The van der Waals surface area contributed by atoms with Gasteiger partial charge in [-0.1, -0.05) is 4.98 Å². The molecule has 0 spiro atoms. The molecule has 3 N–H and O–H groups in total. The molecular formula is C8H13N3O6. The van der Waals surface area contributed by atoms with E-state index in [2.05, 4.69) is 4.98 Å². The summed E-state index contributed by atoms with van der Waals surface area (Å²) in [6.07, 6.45) is 0.306. The quantitative estimate of drug-likeness (QED) is 0.394. The molecule has 96 valence electrons. The van der Waals surface area contributed by atoms with E-state index in [0.717, 1.165) is 4.57 Å². The van der Waals surface area contributed by atoms with E-state index in [-0.39, 0.29) is 6.73 Å². The molecule has 1 rings (SSSR count). The molecule has 9 nitrogen and oxygen atoms in total. The van der Waals surface area contributed by atoms with E-state index < -0.39 is 36.3 Å². The topological polar surface area (TPSA) is 131 Å². The number of hydrogen-bond acceptors (Lipinski definition) is 7.